The SMILES string of the molecule is COc1ccc(-c2nc(C(=O)N3CCC(CNC(=O)c4cnn(C)c4)CC3)cs2)cc1. The smallest absolute Gasteiger partial charge is 0.273 e. The molecule has 0 spiro atoms. The lowest BCUT2D eigenvalue weighted by atomic mass is 9.96. The van der Waals surface area contributed by atoms with Crippen molar-refractivity contribution >= 4 is 23.2 Å². The Morgan fingerprint density at radius 1 is 1.23 bits per heavy atom. The molecule has 1 aliphatic heterocycles. The van der Waals surface area contributed by atoms with Crippen molar-refractivity contribution in [3.8, 4) is 16.3 Å². The summed E-state index contributed by atoms with van der Waals surface area (Å²) >= 11 is 1.47. The molecule has 162 valence electrons. The molecule has 0 saturated carbocycles. The predicted octanol–water partition coefficient (Wildman–Crippen LogP) is 2.83. The molecule has 1 fully saturated rings. The highest BCUT2D eigenvalue weighted by Gasteiger charge is 2.25. The molecule has 1 aliphatic rings. The Bertz CT molecular complexity index is 1050. The number of piperidine rings is 1. The third-order valence-electron chi connectivity index (χ3n) is 5.48. The van der Waals surface area contributed by atoms with E-state index in [4.69, 9.17) is 4.74 Å². The highest BCUT2D eigenvalue weighted by molar-refractivity contribution is 7.13. The van der Waals surface area contributed by atoms with Crippen molar-refractivity contribution in [1.82, 2.24) is 25.0 Å². The molecule has 0 bridgehead atoms. The zero-order valence-corrected chi connectivity index (χ0v) is 18.4. The Hall–Kier alpha value is -3.20. The van der Waals surface area contributed by atoms with Gasteiger partial charge in [-0.05, 0) is 43.0 Å². The van der Waals surface area contributed by atoms with Gasteiger partial charge in [-0.25, -0.2) is 4.98 Å². The quantitative estimate of drug-likeness (QED) is 0.638. The van der Waals surface area contributed by atoms with Gasteiger partial charge in [0.1, 0.15) is 16.5 Å². The number of carbonyl (C=O) groups excluding carboxylic acids is 2. The van der Waals surface area contributed by atoms with Crippen molar-refractivity contribution in [3.63, 3.8) is 0 Å². The second-order valence-electron chi connectivity index (χ2n) is 7.61. The molecule has 8 nitrogen and oxygen atoms in total. The summed E-state index contributed by atoms with van der Waals surface area (Å²) in [4.78, 5) is 31.4. The fourth-order valence-electron chi connectivity index (χ4n) is 3.62. The van der Waals surface area contributed by atoms with E-state index in [1.807, 2.05) is 34.5 Å². The van der Waals surface area contributed by atoms with E-state index >= 15 is 0 Å². The van der Waals surface area contributed by atoms with E-state index in [1.54, 1.807) is 31.2 Å². The number of ether oxygens (including phenoxy) is 1. The summed E-state index contributed by atoms with van der Waals surface area (Å²) in [5, 5.41) is 9.63. The number of methoxy groups -OCH3 is 1. The van der Waals surface area contributed by atoms with Gasteiger partial charge >= 0.3 is 0 Å². The first-order valence-corrected chi connectivity index (χ1v) is 11.1. The second kappa shape index (κ2) is 9.30. The number of amides is 2. The average Bonchev–Trinajstić information content (AvgIpc) is 3.47. The number of thiazole rings is 1. The number of nitrogens with zero attached hydrogens (tertiary/aromatic N) is 4. The minimum Gasteiger partial charge on any atom is -0.497 e. The van der Waals surface area contributed by atoms with Crippen LogP contribution in [0.5, 0.6) is 5.75 Å². The highest BCUT2D eigenvalue weighted by Crippen LogP contribution is 2.27. The Morgan fingerprint density at radius 2 is 1.97 bits per heavy atom. The minimum atomic E-state index is -0.111. The number of likely N-dealkylation sites (tertiary alicyclic amines) is 1. The number of aromatic nitrogens is 3. The van der Waals surface area contributed by atoms with Gasteiger partial charge in [0.2, 0.25) is 0 Å². The summed E-state index contributed by atoms with van der Waals surface area (Å²) in [6, 6.07) is 7.65. The maximum absolute atomic E-state index is 12.9. The van der Waals surface area contributed by atoms with E-state index in [0.717, 1.165) is 29.2 Å². The Kier molecular flexibility index (Phi) is 6.31. The Morgan fingerprint density at radius 3 is 2.61 bits per heavy atom. The van der Waals surface area contributed by atoms with Gasteiger partial charge in [-0.1, -0.05) is 0 Å². The number of carbonyl (C=O) groups is 2. The van der Waals surface area contributed by atoms with Crippen LogP contribution < -0.4 is 10.1 Å². The molecule has 2 amide bonds. The van der Waals surface area contributed by atoms with Gasteiger partial charge in [0.15, 0.2) is 0 Å². The van der Waals surface area contributed by atoms with Crippen molar-refractivity contribution in [2.45, 2.75) is 12.8 Å². The summed E-state index contributed by atoms with van der Waals surface area (Å²) in [6.45, 7) is 1.94. The van der Waals surface area contributed by atoms with Crippen molar-refractivity contribution < 1.29 is 14.3 Å². The maximum Gasteiger partial charge on any atom is 0.273 e. The molecule has 0 radical (unpaired) electrons. The molecule has 4 rings (SSSR count). The molecule has 1 saturated heterocycles. The normalized spacial score (nSPS) is 14.5. The van der Waals surface area contributed by atoms with Crippen LogP contribution in [0.1, 0.15) is 33.7 Å². The average molecular weight is 440 g/mol. The van der Waals surface area contributed by atoms with Gasteiger partial charge in [0, 0.05) is 43.8 Å². The van der Waals surface area contributed by atoms with Gasteiger partial charge in [0.05, 0.1) is 18.9 Å². The molecule has 0 atom stereocenters. The highest BCUT2D eigenvalue weighted by atomic mass is 32.1. The molecule has 1 aromatic carbocycles. The molecule has 2 aromatic heterocycles. The van der Waals surface area contributed by atoms with Crippen LogP contribution in [0.2, 0.25) is 0 Å². The predicted molar refractivity (Wildman–Crippen MR) is 118 cm³/mol. The topological polar surface area (TPSA) is 89.3 Å². The number of rotatable bonds is 6. The van der Waals surface area contributed by atoms with E-state index in [1.165, 1.54) is 11.3 Å². The van der Waals surface area contributed by atoms with Crippen LogP contribution in [-0.4, -0.2) is 58.2 Å². The van der Waals surface area contributed by atoms with E-state index in [0.29, 0.717) is 36.8 Å². The summed E-state index contributed by atoms with van der Waals surface area (Å²) in [7, 11) is 3.42. The first-order valence-electron chi connectivity index (χ1n) is 10.2. The lowest BCUT2D eigenvalue weighted by Crippen LogP contribution is -2.41. The first-order chi connectivity index (χ1) is 15.0. The third kappa shape index (κ3) is 4.93. The standard InChI is InChI=1S/C22H25N5O3S/c1-26-13-17(12-24-26)20(28)23-11-15-7-9-27(10-8-15)22(29)19-14-31-21(25-19)16-3-5-18(30-2)6-4-16/h3-6,12-15H,7-11H2,1-2H3,(H,23,28). The zero-order chi connectivity index (χ0) is 21.8. The summed E-state index contributed by atoms with van der Waals surface area (Å²) in [5.41, 5.74) is 2.01. The lowest BCUT2D eigenvalue weighted by Gasteiger charge is -2.31. The molecule has 3 heterocycles. The van der Waals surface area contributed by atoms with Crippen LogP contribution in [0.25, 0.3) is 10.6 Å². The van der Waals surface area contributed by atoms with Gasteiger partial charge in [-0.2, -0.15) is 5.10 Å². The number of aryl methyl sites for hydroxylation is 1. The molecule has 3 aromatic rings. The molecule has 1 N–H and O–H groups in total. The van der Waals surface area contributed by atoms with Crippen LogP contribution in [0.15, 0.2) is 42.0 Å². The van der Waals surface area contributed by atoms with Gasteiger partial charge in [-0.3, -0.25) is 14.3 Å². The van der Waals surface area contributed by atoms with Gasteiger partial charge in [0.25, 0.3) is 11.8 Å². The molecule has 9 heteroatoms. The molecular weight excluding hydrogens is 414 g/mol. The van der Waals surface area contributed by atoms with Crippen LogP contribution in [0.4, 0.5) is 0 Å². The van der Waals surface area contributed by atoms with E-state index in [2.05, 4.69) is 15.4 Å². The molecular formula is C22H25N5O3S. The van der Waals surface area contributed by atoms with Crippen molar-refractivity contribution in [2.75, 3.05) is 26.7 Å². The van der Waals surface area contributed by atoms with Gasteiger partial charge in [-0.15, -0.1) is 11.3 Å². The first kappa shape index (κ1) is 21.0. The molecule has 0 aliphatic carbocycles. The van der Waals surface area contributed by atoms with Crippen LogP contribution in [-0.2, 0) is 7.05 Å². The number of hydrogen-bond donors (Lipinski definition) is 1. The Balaban J connectivity index is 1.28. The maximum atomic E-state index is 12.9. The monoisotopic (exact) mass is 439 g/mol. The minimum absolute atomic E-state index is 0.0335. The van der Waals surface area contributed by atoms with Crippen LogP contribution >= 0.6 is 11.3 Å². The van der Waals surface area contributed by atoms with E-state index in [9.17, 15) is 9.59 Å². The summed E-state index contributed by atoms with van der Waals surface area (Å²) in [5.74, 6) is 1.00. The van der Waals surface area contributed by atoms with Crippen molar-refractivity contribution in [2.24, 2.45) is 13.0 Å². The van der Waals surface area contributed by atoms with Crippen molar-refractivity contribution in [1.29, 1.82) is 0 Å². The number of nitrogens with one attached hydrogen (secondary N) is 1. The van der Waals surface area contributed by atoms with Crippen LogP contribution in [0.3, 0.4) is 0 Å². The summed E-state index contributed by atoms with van der Waals surface area (Å²) in [6.07, 6.45) is 4.97. The molecule has 0 unspecified atom stereocenters. The molecule has 31 heavy (non-hydrogen) atoms. The van der Waals surface area contributed by atoms with E-state index < -0.39 is 0 Å². The lowest BCUT2D eigenvalue weighted by molar-refractivity contribution is 0.0679. The Labute approximate surface area is 184 Å². The summed E-state index contributed by atoms with van der Waals surface area (Å²) < 4.78 is 6.79. The number of benzene rings is 1. The fourth-order valence-corrected chi connectivity index (χ4v) is 4.42. The third-order valence-corrected chi connectivity index (χ3v) is 6.37. The van der Waals surface area contributed by atoms with Crippen molar-refractivity contribution in [3.05, 3.63) is 53.3 Å². The number of hydrogen-bond acceptors (Lipinski definition) is 6. The van der Waals surface area contributed by atoms with Gasteiger partial charge < -0.3 is 15.0 Å². The largest absolute Gasteiger partial charge is 0.497 e. The van der Waals surface area contributed by atoms with Crippen LogP contribution in [0, 0.1) is 5.92 Å². The second-order valence-corrected chi connectivity index (χ2v) is 8.47. The van der Waals surface area contributed by atoms with E-state index in [-0.39, 0.29) is 11.8 Å². The fraction of sp³-hybridized carbons (Fsp3) is 0.364. The zero-order valence-electron chi connectivity index (χ0n) is 17.6.